The highest BCUT2D eigenvalue weighted by atomic mass is 16.6. The molecule has 0 aliphatic heterocycles. The summed E-state index contributed by atoms with van der Waals surface area (Å²) in [4.78, 5) is 24.5. The van der Waals surface area contributed by atoms with Crippen LogP contribution in [0.25, 0.3) is 0 Å². The fourth-order valence-corrected chi connectivity index (χ4v) is 1.70. The molecule has 0 saturated heterocycles. The molecule has 1 rings (SSSR count). The number of ether oxygens (including phenoxy) is 2. The zero-order chi connectivity index (χ0) is 16.8. The minimum absolute atomic E-state index is 0.0402. The third-order valence-corrected chi connectivity index (χ3v) is 2.81. The molecule has 0 aliphatic carbocycles. The Morgan fingerprint density at radius 1 is 1.18 bits per heavy atom. The van der Waals surface area contributed by atoms with E-state index in [1.54, 1.807) is 20.8 Å². The molecular weight excluding hydrogens is 282 g/mol. The van der Waals surface area contributed by atoms with Crippen LogP contribution in [0.3, 0.4) is 0 Å². The summed E-state index contributed by atoms with van der Waals surface area (Å²) in [6, 6.07) is 9.14. The van der Waals surface area contributed by atoms with Gasteiger partial charge in [-0.3, -0.25) is 0 Å². The standard InChI is InChI=1S/C17H23NO4/c1-5-11-17(18,15(20)22-16(2,3)4)14(19)21-12-13-9-7-6-8-10-13/h5-10H,1,11-12,18H2,2-4H3/t17-/m0/s1. The molecule has 0 bridgehead atoms. The molecule has 1 atom stereocenters. The summed E-state index contributed by atoms with van der Waals surface area (Å²) in [6.07, 6.45) is 1.34. The van der Waals surface area contributed by atoms with Gasteiger partial charge in [0.25, 0.3) is 0 Å². The van der Waals surface area contributed by atoms with Crippen LogP contribution in [-0.2, 0) is 25.7 Å². The Labute approximate surface area is 131 Å². The Balaban J connectivity index is 2.81. The molecule has 0 heterocycles. The summed E-state index contributed by atoms with van der Waals surface area (Å²) in [6.45, 7) is 8.68. The third-order valence-electron chi connectivity index (χ3n) is 2.81. The molecule has 0 spiro atoms. The number of nitrogens with two attached hydrogens (primary N) is 1. The lowest BCUT2D eigenvalue weighted by molar-refractivity contribution is -0.172. The van der Waals surface area contributed by atoms with Crippen LogP contribution in [0.4, 0.5) is 0 Å². The fourth-order valence-electron chi connectivity index (χ4n) is 1.70. The molecule has 0 amide bonds. The Morgan fingerprint density at radius 2 is 1.77 bits per heavy atom. The molecule has 0 radical (unpaired) electrons. The molecule has 120 valence electrons. The van der Waals surface area contributed by atoms with E-state index >= 15 is 0 Å². The topological polar surface area (TPSA) is 78.6 Å². The van der Waals surface area contributed by atoms with Crippen LogP contribution in [-0.4, -0.2) is 23.1 Å². The summed E-state index contributed by atoms with van der Waals surface area (Å²) in [5.74, 6) is -1.65. The molecule has 0 aromatic heterocycles. The van der Waals surface area contributed by atoms with Crippen LogP contribution in [0.2, 0.25) is 0 Å². The highest BCUT2D eigenvalue weighted by Gasteiger charge is 2.45. The van der Waals surface area contributed by atoms with Crippen molar-refractivity contribution in [1.29, 1.82) is 0 Å². The summed E-state index contributed by atoms with van der Waals surface area (Å²) in [5.41, 5.74) is 4.12. The van der Waals surface area contributed by atoms with Crippen LogP contribution in [0.5, 0.6) is 0 Å². The molecule has 0 unspecified atom stereocenters. The first-order valence-electron chi connectivity index (χ1n) is 7.03. The lowest BCUT2D eigenvalue weighted by Crippen LogP contribution is -2.57. The lowest BCUT2D eigenvalue weighted by atomic mass is 9.96. The van der Waals surface area contributed by atoms with Crippen molar-refractivity contribution in [2.75, 3.05) is 0 Å². The maximum Gasteiger partial charge on any atom is 0.338 e. The first-order chi connectivity index (χ1) is 10.2. The Hall–Kier alpha value is -2.14. The van der Waals surface area contributed by atoms with E-state index in [1.807, 2.05) is 30.3 Å². The van der Waals surface area contributed by atoms with Crippen molar-refractivity contribution in [3.8, 4) is 0 Å². The van der Waals surface area contributed by atoms with Gasteiger partial charge in [0, 0.05) is 6.42 Å². The highest BCUT2D eigenvalue weighted by molar-refractivity contribution is 6.05. The van der Waals surface area contributed by atoms with Gasteiger partial charge in [-0.05, 0) is 26.3 Å². The Morgan fingerprint density at radius 3 is 2.27 bits per heavy atom. The molecular formula is C17H23NO4. The summed E-state index contributed by atoms with van der Waals surface area (Å²) >= 11 is 0. The average Bonchev–Trinajstić information content (AvgIpc) is 2.44. The van der Waals surface area contributed by atoms with Gasteiger partial charge in [0.15, 0.2) is 0 Å². The van der Waals surface area contributed by atoms with Crippen molar-refractivity contribution in [2.45, 2.75) is 44.9 Å². The molecule has 22 heavy (non-hydrogen) atoms. The largest absolute Gasteiger partial charge is 0.459 e. The van der Waals surface area contributed by atoms with Gasteiger partial charge in [-0.15, -0.1) is 6.58 Å². The summed E-state index contributed by atoms with van der Waals surface area (Å²) < 4.78 is 10.4. The van der Waals surface area contributed by atoms with Gasteiger partial charge < -0.3 is 15.2 Å². The second kappa shape index (κ2) is 7.22. The van der Waals surface area contributed by atoms with E-state index in [9.17, 15) is 9.59 Å². The number of hydrogen-bond donors (Lipinski definition) is 1. The van der Waals surface area contributed by atoms with Crippen molar-refractivity contribution in [3.05, 3.63) is 48.6 Å². The molecule has 1 aromatic rings. The van der Waals surface area contributed by atoms with Gasteiger partial charge in [0.05, 0.1) is 0 Å². The SMILES string of the molecule is C=CC[C@](N)(C(=O)OCc1ccccc1)C(=O)OC(C)(C)C. The van der Waals surface area contributed by atoms with Crippen LogP contribution in [0, 0.1) is 0 Å². The second-order valence-corrected chi connectivity index (χ2v) is 6.03. The average molecular weight is 305 g/mol. The Bertz CT molecular complexity index is 533. The van der Waals surface area contributed by atoms with E-state index in [0.29, 0.717) is 0 Å². The zero-order valence-corrected chi connectivity index (χ0v) is 13.3. The van der Waals surface area contributed by atoms with Gasteiger partial charge in [-0.2, -0.15) is 0 Å². The van der Waals surface area contributed by atoms with E-state index in [4.69, 9.17) is 15.2 Å². The van der Waals surface area contributed by atoms with Crippen LogP contribution >= 0.6 is 0 Å². The number of benzene rings is 1. The van der Waals surface area contributed by atoms with E-state index in [1.165, 1.54) is 6.08 Å². The number of carbonyl (C=O) groups excluding carboxylic acids is 2. The minimum Gasteiger partial charge on any atom is -0.459 e. The number of carbonyl (C=O) groups is 2. The fraction of sp³-hybridized carbons (Fsp3) is 0.412. The first kappa shape index (κ1) is 17.9. The molecule has 5 heteroatoms. The molecule has 0 fully saturated rings. The summed E-state index contributed by atoms with van der Waals surface area (Å²) in [7, 11) is 0. The van der Waals surface area contributed by atoms with E-state index in [-0.39, 0.29) is 13.0 Å². The van der Waals surface area contributed by atoms with Crippen molar-refractivity contribution in [3.63, 3.8) is 0 Å². The third kappa shape index (κ3) is 5.00. The number of esters is 2. The number of hydrogen-bond acceptors (Lipinski definition) is 5. The van der Waals surface area contributed by atoms with Crippen LogP contribution < -0.4 is 5.73 Å². The molecule has 2 N–H and O–H groups in total. The molecule has 0 aliphatic rings. The highest BCUT2D eigenvalue weighted by Crippen LogP contribution is 2.18. The smallest absolute Gasteiger partial charge is 0.338 e. The maximum absolute atomic E-state index is 12.3. The van der Waals surface area contributed by atoms with E-state index < -0.39 is 23.1 Å². The minimum atomic E-state index is -1.89. The monoisotopic (exact) mass is 305 g/mol. The van der Waals surface area contributed by atoms with Crippen LogP contribution in [0.15, 0.2) is 43.0 Å². The van der Waals surface area contributed by atoms with Crippen molar-refractivity contribution in [2.24, 2.45) is 5.73 Å². The first-order valence-corrected chi connectivity index (χ1v) is 7.03. The van der Waals surface area contributed by atoms with Crippen molar-refractivity contribution < 1.29 is 19.1 Å². The van der Waals surface area contributed by atoms with Crippen molar-refractivity contribution in [1.82, 2.24) is 0 Å². The van der Waals surface area contributed by atoms with E-state index in [0.717, 1.165) is 5.56 Å². The maximum atomic E-state index is 12.3. The number of rotatable bonds is 6. The van der Waals surface area contributed by atoms with Crippen molar-refractivity contribution >= 4 is 11.9 Å². The molecule has 0 saturated carbocycles. The predicted molar refractivity (Wildman–Crippen MR) is 83.8 cm³/mol. The predicted octanol–water partition coefficient (Wildman–Crippen LogP) is 2.35. The quantitative estimate of drug-likeness (QED) is 0.496. The normalized spacial score (nSPS) is 13.8. The summed E-state index contributed by atoms with van der Waals surface area (Å²) in [5, 5.41) is 0. The van der Waals surface area contributed by atoms with Gasteiger partial charge in [-0.1, -0.05) is 36.4 Å². The van der Waals surface area contributed by atoms with Gasteiger partial charge in [0.2, 0.25) is 5.54 Å². The van der Waals surface area contributed by atoms with E-state index in [2.05, 4.69) is 6.58 Å². The Kier molecular flexibility index (Phi) is 5.88. The van der Waals surface area contributed by atoms with Gasteiger partial charge in [0.1, 0.15) is 12.2 Å². The van der Waals surface area contributed by atoms with Crippen LogP contribution in [0.1, 0.15) is 32.8 Å². The van der Waals surface area contributed by atoms with Gasteiger partial charge >= 0.3 is 11.9 Å². The lowest BCUT2D eigenvalue weighted by Gasteiger charge is -2.28. The van der Waals surface area contributed by atoms with Gasteiger partial charge in [-0.25, -0.2) is 9.59 Å². The second-order valence-electron chi connectivity index (χ2n) is 6.03. The molecule has 5 nitrogen and oxygen atoms in total. The molecule has 1 aromatic carbocycles. The zero-order valence-electron chi connectivity index (χ0n) is 13.3.